The highest BCUT2D eigenvalue weighted by Gasteiger charge is 2.32. The first-order valence-electron chi connectivity index (χ1n) is 7.11. The highest BCUT2D eigenvalue weighted by atomic mass is 79.9. The lowest BCUT2D eigenvalue weighted by molar-refractivity contribution is -0.141. The number of hydrogen-bond donors (Lipinski definition) is 0. The van der Waals surface area contributed by atoms with E-state index in [1.807, 2.05) is 43.3 Å². The van der Waals surface area contributed by atoms with Gasteiger partial charge >= 0.3 is 6.18 Å². The van der Waals surface area contributed by atoms with Gasteiger partial charge in [-0.15, -0.1) is 0 Å². The van der Waals surface area contributed by atoms with Crippen molar-refractivity contribution in [2.24, 2.45) is 0 Å². The molecular weight excluding hydrogens is 381 g/mol. The smallest absolute Gasteiger partial charge is 0.253 e. The van der Waals surface area contributed by atoms with Gasteiger partial charge in [0.1, 0.15) is 5.69 Å². The Bertz CT molecular complexity index is 874. The van der Waals surface area contributed by atoms with Gasteiger partial charge in [-0.3, -0.25) is 9.97 Å². The van der Waals surface area contributed by atoms with E-state index in [9.17, 15) is 13.2 Å². The van der Waals surface area contributed by atoms with Crippen molar-refractivity contribution in [3.8, 4) is 22.4 Å². The van der Waals surface area contributed by atoms with E-state index in [-0.39, 0.29) is 0 Å². The van der Waals surface area contributed by atoms with E-state index < -0.39 is 11.9 Å². The molecule has 2 aromatic heterocycles. The molecule has 0 amide bonds. The fourth-order valence-electron chi connectivity index (χ4n) is 2.36. The van der Waals surface area contributed by atoms with Crippen molar-refractivity contribution in [1.29, 1.82) is 0 Å². The second kappa shape index (κ2) is 6.36. The minimum atomic E-state index is -4.44. The van der Waals surface area contributed by atoms with Gasteiger partial charge in [0.05, 0.1) is 5.69 Å². The molecule has 2 nitrogen and oxygen atoms in total. The minimum Gasteiger partial charge on any atom is -0.253 e. The summed E-state index contributed by atoms with van der Waals surface area (Å²) in [6, 6.07) is 13.8. The predicted molar refractivity (Wildman–Crippen MR) is 90.3 cm³/mol. The Hall–Kier alpha value is -2.21. The third kappa shape index (κ3) is 3.64. The first-order chi connectivity index (χ1) is 11.3. The molecule has 0 saturated carbocycles. The van der Waals surface area contributed by atoms with Crippen LogP contribution in [0.25, 0.3) is 22.4 Å². The third-order valence-corrected chi connectivity index (χ3v) is 3.95. The van der Waals surface area contributed by atoms with Crippen molar-refractivity contribution in [3.63, 3.8) is 0 Å². The average Bonchev–Trinajstić information content (AvgIpc) is 2.53. The van der Waals surface area contributed by atoms with E-state index in [4.69, 9.17) is 0 Å². The molecule has 0 atom stereocenters. The molecular formula is C18H12BrF3N2. The predicted octanol–water partition coefficient (Wildman–Crippen LogP) is 5.90. The van der Waals surface area contributed by atoms with Crippen LogP contribution in [0.15, 0.2) is 59.2 Å². The molecule has 0 radical (unpaired) electrons. The molecule has 0 aliphatic rings. The fourth-order valence-corrected chi connectivity index (χ4v) is 2.76. The van der Waals surface area contributed by atoms with Gasteiger partial charge in [0.15, 0.2) is 0 Å². The number of benzene rings is 1. The Morgan fingerprint density at radius 1 is 0.917 bits per heavy atom. The molecule has 2 heterocycles. The van der Waals surface area contributed by atoms with Crippen molar-refractivity contribution in [1.82, 2.24) is 9.97 Å². The molecule has 6 heteroatoms. The fraction of sp³-hybridized carbons (Fsp3) is 0.111. The third-order valence-electron chi connectivity index (χ3n) is 3.46. The number of nitrogens with zero attached hydrogens (tertiary/aromatic N) is 2. The van der Waals surface area contributed by atoms with Gasteiger partial charge in [0.2, 0.25) is 0 Å². The highest BCUT2D eigenvalue weighted by molar-refractivity contribution is 9.10. The van der Waals surface area contributed by atoms with Crippen LogP contribution in [0.3, 0.4) is 0 Å². The SMILES string of the molecule is Cc1cc(-c2ccc(C(F)(F)F)nc2)cc(-c2cccc(Br)c2)n1. The van der Waals surface area contributed by atoms with Crippen molar-refractivity contribution in [3.05, 3.63) is 70.6 Å². The average molecular weight is 393 g/mol. The van der Waals surface area contributed by atoms with Crippen molar-refractivity contribution in [2.45, 2.75) is 13.1 Å². The first kappa shape index (κ1) is 16.6. The van der Waals surface area contributed by atoms with Crippen LogP contribution in [0.1, 0.15) is 11.4 Å². The summed E-state index contributed by atoms with van der Waals surface area (Å²) in [5, 5.41) is 0. The lowest BCUT2D eigenvalue weighted by Crippen LogP contribution is -2.07. The quantitative estimate of drug-likeness (QED) is 0.542. The lowest BCUT2D eigenvalue weighted by atomic mass is 10.0. The van der Waals surface area contributed by atoms with Crippen LogP contribution < -0.4 is 0 Å². The zero-order chi connectivity index (χ0) is 17.3. The zero-order valence-corrected chi connectivity index (χ0v) is 14.2. The van der Waals surface area contributed by atoms with E-state index in [1.54, 1.807) is 0 Å². The highest BCUT2D eigenvalue weighted by Crippen LogP contribution is 2.30. The number of halogens is 4. The van der Waals surface area contributed by atoms with Crippen LogP contribution in [-0.2, 0) is 6.18 Å². The number of rotatable bonds is 2. The van der Waals surface area contributed by atoms with Crippen molar-refractivity contribution in [2.75, 3.05) is 0 Å². The number of alkyl halides is 3. The van der Waals surface area contributed by atoms with Crippen LogP contribution in [0, 0.1) is 6.92 Å². The second-order valence-electron chi connectivity index (χ2n) is 5.32. The van der Waals surface area contributed by atoms with Crippen molar-refractivity contribution < 1.29 is 13.2 Å². The Balaban J connectivity index is 2.03. The lowest BCUT2D eigenvalue weighted by Gasteiger charge is -2.09. The van der Waals surface area contributed by atoms with Crippen LogP contribution in [0.5, 0.6) is 0 Å². The molecule has 0 fully saturated rings. The van der Waals surface area contributed by atoms with Crippen LogP contribution in [0.4, 0.5) is 13.2 Å². The van der Waals surface area contributed by atoms with Gasteiger partial charge < -0.3 is 0 Å². The minimum absolute atomic E-state index is 0.616. The second-order valence-corrected chi connectivity index (χ2v) is 6.24. The largest absolute Gasteiger partial charge is 0.433 e. The summed E-state index contributed by atoms with van der Waals surface area (Å²) >= 11 is 3.42. The molecule has 0 unspecified atom stereocenters. The summed E-state index contributed by atoms with van der Waals surface area (Å²) in [6.07, 6.45) is -3.20. The number of aryl methyl sites for hydroxylation is 1. The van der Waals surface area contributed by atoms with Crippen molar-refractivity contribution >= 4 is 15.9 Å². The molecule has 0 saturated heterocycles. The summed E-state index contributed by atoms with van der Waals surface area (Å²) in [5.41, 5.74) is 2.95. The molecule has 122 valence electrons. The van der Waals surface area contributed by atoms with Gasteiger partial charge in [-0.05, 0) is 42.8 Å². The maximum absolute atomic E-state index is 12.6. The molecule has 3 aromatic rings. The van der Waals surface area contributed by atoms with Crippen LogP contribution in [-0.4, -0.2) is 9.97 Å². The maximum Gasteiger partial charge on any atom is 0.433 e. The Kier molecular flexibility index (Phi) is 4.41. The molecule has 1 aromatic carbocycles. The van der Waals surface area contributed by atoms with E-state index in [1.165, 1.54) is 12.3 Å². The van der Waals surface area contributed by atoms with Crippen LogP contribution >= 0.6 is 15.9 Å². The molecule has 0 aliphatic heterocycles. The summed E-state index contributed by atoms with van der Waals surface area (Å²) in [5.74, 6) is 0. The number of aromatic nitrogens is 2. The Labute approximate surface area is 145 Å². The first-order valence-corrected chi connectivity index (χ1v) is 7.90. The topological polar surface area (TPSA) is 25.8 Å². The Morgan fingerprint density at radius 2 is 1.71 bits per heavy atom. The molecule has 0 N–H and O–H groups in total. The maximum atomic E-state index is 12.6. The summed E-state index contributed by atoms with van der Waals surface area (Å²) in [6.45, 7) is 1.85. The normalized spacial score (nSPS) is 11.5. The molecule has 0 aliphatic carbocycles. The van der Waals surface area contributed by atoms with Gasteiger partial charge in [-0.2, -0.15) is 13.2 Å². The zero-order valence-electron chi connectivity index (χ0n) is 12.6. The van der Waals surface area contributed by atoms with Gasteiger partial charge in [-0.1, -0.05) is 34.1 Å². The Morgan fingerprint density at radius 3 is 2.33 bits per heavy atom. The molecule has 3 rings (SSSR count). The number of pyridine rings is 2. The molecule has 0 spiro atoms. The van der Waals surface area contributed by atoms with Gasteiger partial charge in [0, 0.05) is 27.5 Å². The summed E-state index contributed by atoms with van der Waals surface area (Å²) in [7, 11) is 0. The monoisotopic (exact) mass is 392 g/mol. The van der Waals surface area contributed by atoms with E-state index in [2.05, 4.69) is 25.9 Å². The van der Waals surface area contributed by atoms with E-state index in [0.717, 1.165) is 33.1 Å². The molecule has 24 heavy (non-hydrogen) atoms. The summed E-state index contributed by atoms with van der Waals surface area (Å²) < 4.78 is 38.8. The van der Waals surface area contributed by atoms with Gasteiger partial charge in [-0.25, -0.2) is 0 Å². The number of hydrogen-bond acceptors (Lipinski definition) is 2. The van der Waals surface area contributed by atoms with Gasteiger partial charge in [0.25, 0.3) is 0 Å². The van der Waals surface area contributed by atoms with Crippen LogP contribution in [0.2, 0.25) is 0 Å². The summed E-state index contributed by atoms with van der Waals surface area (Å²) in [4.78, 5) is 8.03. The molecule has 0 bridgehead atoms. The standard InChI is InChI=1S/C18H12BrF3N2/c1-11-7-14(13-5-6-17(23-10-13)18(20,21)22)9-16(24-11)12-3-2-4-15(19)8-12/h2-10H,1H3. The van der Waals surface area contributed by atoms with E-state index in [0.29, 0.717) is 5.56 Å². The van der Waals surface area contributed by atoms with E-state index >= 15 is 0 Å².